The Balaban J connectivity index is 2.61. The van der Waals surface area contributed by atoms with Crippen molar-refractivity contribution in [3.8, 4) is 0 Å². The average molecular weight is 195 g/mol. The molecule has 1 aliphatic rings. The van der Waals surface area contributed by atoms with E-state index >= 15 is 0 Å². The summed E-state index contributed by atoms with van der Waals surface area (Å²) in [6, 6.07) is 0.212. The molecule has 1 heterocycles. The molecule has 0 bridgehead atoms. The van der Waals surface area contributed by atoms with Gasteiger partial charge in [-0.3, -0.25) is 4.79 Å². The molecule has 1 unspecified atom stereocenters. The summed E-state index contributed by atoms with van der Waals surface area (Å²) in [7, 11) is 1.66. The molecule has 78 valence electrons. The third-order valence-corrected chi connectivity index (χ3v) is 2.52. The number of nitrogens with zero attached hydrogens (tertiary/aromatic N) is 1. The van der Waals surface area contributed by atoms with Crippen LogP contribution < -0.4 is 0 Å². The van der Waals surface area contributed by atoms with Crippen molar-refractivity contribution in [3.63, 3.8) is 0 Å². The van der Waals surface area contributed by atoms with Gasteiger partial charge in [-0.2, -0.15) is 0 Å². The van der Waals surface area contributed by atoms with E-state index in [1.54, 1.807) is 7.11 Å². The van der Waals surface area contributed by atoms with E-state index in [1.165, 1.54) is 6.08 Å². The van der Waals surface area contributed by atoms with Crippen LogP contribution in [0, 0.1) is 0 Å². The molecule has 1 amide bonds. The van der Waals surface area contributed by atoms with Crippen molar-refractivity contribution in [1.82, 2.24) is 4.90 Å². The highest BCUT2D eigenvalue weighted by atomic mass is 16.5. The van der Waals surface area contributed by atoms with Gasteiger partial charge in [0.2, 0.25) is 0 Å². The van der Waals surface area contributed by atoms with Crippen LogP contribution in [-0.4, -0.2) is 37.1 Å². The van der Waals surface area contributed by atoms with Crippen molar-refractivity contribution in [2.24, 2.45) is 0 Å². The molecule has 0 spiro atoms. The summed E-state index contributed by atoms with van der Waals surface area (Å²) >= 11 is 0. The third kappa shape index (κ3) is 2.23. The Morgan fingerprint density at radius 3 is 3.00 bits per heavy atom. The van der Waals surface area contributed by atoms with Gasteiger partial charge in [0.1, 0.15) is 0 Å². The smallest absolute Gasteiger partial charge is 0.253 e. The summed E-state index contributed by atoms with van der Waals surface area (Å²) < 4.78 is 5.07. The summed E-state index contributed by atoms with van der Waals surface area (Å²) in [6.07, 6.45) is 3.57. The standard InChI is InChI=1S/C11H17NO2/c1-4-9(2)11(13)12-7-5-6-10(12)8-14-3/h4,10H,1-2,5-8H2,3H3. The van der Waals surface area contributed by atoms with E-state index < -0.39 is 0 Å². The van der Waals surface area contributed by atoms with Gasteiger partial charge in [-0.15, -0.1) is 0 Å². The second kappa shape index (κ2) is 4.96. The third-order valence-electron chi connectivity index (χ3n) is 2.52. The number of hydrogen-bond acceptors (Lipinski definition) is 2. The van der Waals surface area contributed by atoms with Gasteiger partial charge in [0.05, 0.1) is 12.6 Å². The summed E-state index contributed by atoms with van der Waals surface area (Å²) in [4.78, 5) is 13.6. The number of amides is 1. The van der Waals surface area contributed by atoms with Crippen LogP contribution in [0.15, 0.2) is 24.8 Å². The zero-order chi connectivity index (χ0) is 10.6. The molecule has 1 fully saturated rings. The number of hydrogen-bond donors (Lipinski definition) is 0. The van der Waals surface area contributed by atoms with Gasteiger partial charge in [-0.1, -0.05) is 19.2 Å². The number of ether oxygens (including phenoxy) is 1. The van der Waals surface area contributed by atoms with Crippen molar-refractivity contribution < 1.29 is 9.53 Å². The molecule has 0 aromatic heterocycles. The molecule has 0 aromatic rings. The van der Waals surface area contributed by atoms with Crippen molar-refractivity contribution in [1.29, 1.82) is 0 Å². The van der Waals surface area contributed by atoms with E-state index in [0.717, 1.165) is 19.4 Å². The number of likely N-dealkylation sites (tertiary alicyclic amines) is 1. The SMILES string of the molecule is C=CC(=C)C(=O)N1CCCC1COC. The van der Waals surface area contributed by atoms with Gasteiger partial charge in [-0.25, -0.2) is 0 Å². The monoisotopic (exact) mass is 195 g/mol. The molecule has 0 aromatic carbocycles. The topological polar surface area (TPSA) is 29.5 Å². The van der Waals surface area contributed by atoms with E-state index in [2.05, 4.69) is 13.2 Å². The van der Waals surface area contributed by atoms with Crippen molar-refractivity contribution >= 4 is 5.91 Å². The maximum absolute atomic E-state index is 11.8. The first kappa shape index (κ1) is 11.0. The first-order valence-electron chi connectivity index (χ1n) is 4.82. The van der Waals surface area contributed by atoms with Crippen LogP contribution >= 0.6 is 0 Å². The maximum atomic E-state index is 11.8. The fourth-order valence-electron chi connectivity index (χ4n) is 1.74. The van der Waals surface area contributed by atoms with Gasteiger partial charge in [0.15, 0.2) is 0 Å². The van der Waals surface area contributed by atoms with Crippen molar-refractivity contribution in [2.45, 2.75) is 18.9 Å². The Morgan fingerprint density at radius 2 is 2.43 bits per heavy atom. The Bertz CT molecular complexity index is 248. The molecule has 1 saturated heterocycles. The van der Waals surface area contributed by atoms with E-state index in [4.69, 9.17) is 4.74 Å². The highest BCUT2D eigenvalue weighted by Gasteiger charge is 2.28. The molecule has 1 aliphatic heterocycles. The molecule has 0 aliphatic carbocycles. The molecular formula is C11H17NO2. The molecule has 14 heavy (non-hydrogen) atoms. The molecule has 0 radical (unpaired) electrons. The van der Waals surface area contributed by atoms with E-state index in [0.29, 0.717) is 12.2 Å². The molecule has 1 atom stereocenters. The zero-order valence-electron chi connectivity index (χ0n) is 8.66. The second-order valence-corrected chi connectivity index (χ2v) is 3.48. The zero-order valence-corrected chi connectivity index (χ0v) is 8.66. The minimum atomic E-state index is -0.0143. The van der Waals surface area contributed by atoms with Crippen molar-refractivity contribution in [2.75, 3.05) is 20.3 Å². The first-order chi connectivity index (χ1) is 6.70. The number of carbonyl (C=O) groups excluding carboxylic acids is 1. The summed E-state index contributed by atoms with van der Waals surface area (Å²) in [5.74, 6) is -0.0143. The van der Waals surface area contributed by atoms with Gasteiger partial charge < -0.3 is 9.64 Å². The predicted octanol–water partition coefficient (Wildman–Crippen LogP) is 1.37. The van der Waals surface area contributed by atoms with E-state index in [-0.39, 0.29) is 11.9 Å². The largest absolute Gasteiger partial charge is 0.383 e. The Hall–Kier alpha value is -1.09. The quantitative estimate of drug-likeness (QED) is 0.501. The molecule has 1 rings (SSSR count). The van der Waals surface area contributed by atoms with E-state index in [1.807, 2.05) is 4.90 Å². The molecule has 3 heteroatoms. The second-order valence-electron chi connectivity index (χ2n) is 3.48. The lowest BCUT2D eigenvalue weighted by Gasteiger charge is -2.24. The lowest BCUT2D eigenvalue weighted by Crippen LogP contribution is -2.38. The fourth-order valence-corrected chi connectivity index (χ4v) is 1.74. The van der Waals surface area contributed by atoms with Crippen LogP contribution in [-0.2, 0) is 9.53 Å². The van der Waals surface area contributed by atoms with Crippen molar-refractivity contribution in [3.05, 3.63) is 24.8 Å². The number of methoxy groups -OCH3 is 1. The van der Waals surface area contributed by atoms with Crippen LogP contribution in [0.1, 0.15) is 12.8 Å². The number of rotatable bonds is 4. The van der Waals surface area contributed by atoms with Gasteiger partial charge in [0.25, 0.3) is 5.91 Å². The number of carbonyl (C=O) groups is 1. The Morgan fingerprint density at radius 1 is 1.71 bits per heavy atom. The summed E-state index contributed by atoms with van der Waals surface area (Å²) in [5.41, 5.74) is 0.466. The van der Waals surface area contributed by atoms with Crippen LogP contribution in [0.5, 0.6) is 0 Å². The maximum Gasteiger partial charge on any atom is 0.253 e. The first-order valence-corrected chi connectivity index (χ1v) is 4.82. The van der Waals surface area contributed by atoms with Crippen LogP contribution in [0.4, 0.5) is 0 Å². The minimum absolute atomic E-state index is 0.0143. The highest BCUT2D eigenvalue weighted by Crippen LogP contribution is 2.19. The normalized spacial score (nSPS) is 20.9. The predicted molar refractivity (Wildman–Crippen MR) is 55.9 cm³/mol. The molecule has 3 nitrogen and oxygen atoms in total. The lowest BCUT2D eigenvalue weighted by molar-refractivity contribution is -0.128. The Labute approximate surface area is 85.0 Å². The van der Waals surface area contributed by atoms with Gasteiger partial charge in [0, 0.05) is 19.2 Å². The fraction of sp³-hybridized carbons (Fsp3) is 0.545. The van der Waals surface area contributed by atoms with Crippen LogP contribution in [0.25, 0.3) is 0 Å². The Kier molecular flexibility index (Phi) is 3.89. The summed E-state index contributed by atoms with van der Waals surface area (Å²) in [5, 5.41) is 0. The highest BCUT2D eigenvalue weighted by molar-refractivity contribution is 5.95. The molecular weight excluding hydrogens is 178 g/mol. The van der Waals surface area contributed by atoms with Gasteiger partial charge in [-0.05, 0) is 12.8 Å². The molecule has 0 saturated carbocycles. The van der Waals surface area contributed by atoms with Gasteiger partial charge >= 0.3 is 0 Å². The lowest BCUT2D eigenvalue weighted by atomic mass is 10.2. The minimum Gasteiger partial charge on any atom is -0.383 e. The molecule has 0 N–H and O–H groups in total. The van der Waals surface area contributed by atoms with Crippen LogP contribution in [0.2, 0.25) is 0 Å². The summed E-state index contributed by atoms with van der Waals surface area (Å²) in [6.45, 7) is 8.62. The van der Waals surface area contributed by atoms with Crippen LogP contribution in [0.3, 0.4) is 0 Å². The van der Waals surface area contributed by atoms with E-state index in [9.17, 15) is 4.79 Å². The average Bonchev–Trinajstić information content (AvgIpc) is 2.64.